The number of fused-ring (bicyclic) bond motifs is 3. The molecule has 2 atom stereocenters. The van der Waals surface area contributed by atoms with Gasteiger partial charge in [-0.1, -0.05) is 30.3 Å². The van der Waals surface area contributed by atoms with E-state index < -0.39 is 0 Å². The monoisotopic (exact) mass is 348 g/mol. The van der Waals surface area contributed by atoms with Crippen LogP contribution in [0.4, 0.5) is 0 Å². The molecule has 26 heavy (non-hydrogen) atoms. The Bertz CT molecular complexity index is 889. The van der Waals surface area contributed by atoms with Crippen molar-refractivity contribution in [2.24, 2.45) is 5.92 Å². The van der Waals surface area contributed by atoms with Gasteiger partial charge < -0.3 is 9.80 Å². The maximum absolute atomic E-state index is 13.0. The van der Waals surface area contributed by atoms with Gasteiger partial charge in [-0.05, 0) is 48.7 Å². The van der Waals surface area contributed by atoms with Crippen molar-refractivity contribution in [3.63, 3.8) is 0 Å². The lowest BCUT2D eigenvalue weighted by Gasteiger charge is -2.19. The summed E-state index contributed by atoms with van der Waals surface area (Å²) in [7, 11) is 4.05. The van der Waals surface area contributed by atoms with Crippen LogP contribution in [-0.2, 0) is 0 Å². The molecule has 1 amide bonds. The summed E-state index contributed by atoms with van der Waals surface area (Å²) in [4.78, 5) is 28.9. The molecule has 2 aliphatic heterocycles. The number of likely N-dealkylation sites (N-methyl/N-ethyl adjacent to an activating group) is 1. The highest BCUT2D eigenvalue weighted by Crippen LogP contribution is 2.38. The summed E-state index contributed by atoms with van der Waals surface area (Å²) >= 11 is 0. The number of carbonyl (C=O) groups is 2. The highest BCUT2D eigenvalue weighted by molar-refractivity contribution is 5.98. The number of likely N-dealkylation sites (tertiary alicyclic amines) is 1. The van der Waals surface area contributed by atoms with Crippen molar-refractivity contribution in [1.29, 1.82) is 0 Å². The molecule has 0 aromatic heterocycles. The number of carbonyl (C=O) groups excluding carboxylic acids is 2. The van der Waals surface area contributed by atoms with Crippen LogP contribution >= 0.6 is 0 Å². The van der Waals surface area contributed by atoms with Gasteiger partial charge in [0.25, 0.3) is 5.91 Å². The van der Waals surface area contributed by atoms with Gasteiger partial charge in [0.1, 0.15) is 0 Å². The van der Waals surface area contributed by atoms with Crippen LogP contribution in [0.1, 0.15) is 39.1 Å². The second kappa shape index (κ2) is 6.36. The van der Waals surface area contributed by atoms with E-state index in [1.165, 1.54) is 5.56 Å². The fraction of sp³-hybridized carbons (Fsp3) is 0.364. The Kier molecular flexibility index (Phi) is 4.16. The van der Waals surface area contributed by atoms with E-state index >= 15 is 0 Å². The van der Waals surface area contributed by atoms with Crippen LogP contribution in [0.2, 0.25) is 0 Å². The fourth-order valence-electron chi connectivity index (χ4n) is 4.43. The lowest BCUT2D eigenvalue weighted by Crippen LogP contribution is -2.31. The molecular formula is C22H24N2O2. The van der Waals surface area contributed by atoms with E-state index in [0.29, 0.717) is 17.4 Å². The van der Waals surface area contributed by atoms with Crippen molar-refractivity contribution in [3.8, 4) is 11.1 Å². The summed E-state index contributed by atoms with van der Waals surface area (Å²) in [5, 5.41) is 0. The van der Waals surface area contributed by atoms with Crippen LogP contribution in [0, 0.1) is 5.92 Å². The molecule has 2 aromatic carbocycles. The standard InChI is InChI=1S/C22H24N2O2/c1-14(25)15-5-4-6-16(9-15)17-7-8-19-20(10-17)22(26)24(3)12-18-11-23(2)13-21(18)19/h4-10,18,21H,11-13H2,1-3H3/t18-,21+/m0/s1. The summed E-state index contributed by atoms with van der Waals surface area (Å²) in [5.41, 5.74) is 4.62. The van der Waals surface area contributed by atoms with Crippen molar-refractivity contribution in [2.45, 2.75) is 12.8 Å². The molecule has 4 rings (SSSR count). The molecule has 1 saturated heterocycles. The number of rotatable bonds is 2. The molecular weight excluding hydrogens is 324 g/mol. The lowest BCUT2D eigenvalue weighted by molar-refractivity contribution is 0.0781. The Morgan fingerprint density at radius 1 is 1.00 bits per heavy atom. The summed E-state index contributed by atoms with van der Waals surface area (Å²) in [6.45, 7) is 4.41. The Balaban J connectivity index is 1.80. The molecule has 0 aliphatic carbocycles. The maximum Gasteiger partial charge on any atom is 0.253 e. The Morgan fingerprint density at radius 2 is 1.77 bits per heavy atom. The van der Waals surface area contributed by atoms with Crippen molar-refractivity contribution in [2.75, 3.05) is 33.7 Å². The average molecular weight is 348 g/mol. The minimum Gasteiger partial charge on any atom is -0.341 e. The predicted molar refractivity (Wildman–Crippen MR) is 103 cm³/mol. The number of hydrogen-bond donors (Lipinski definition) is 0. The van der Waals surface area contributed by atoms with Crippen LogP contribution in [0.5, 0.6) is 0 Å². The first-order valence-corrected chi connectivity index (χ1v) is 9.13. The minimum absolute atomic E-state index is 0.0502. The molecule has 134 valence electrons. The summed E-state index contributed by atoms with van der Waals surface area (Å²) < 4.78 is 0. The normalized spacial score (nSPS) is 22.7. The zero-order chi connectivity index (χ0) is 18.4. The number of benzene rings is 2. The number of hydrogen-bond acceptors (Lipinski definition) is 3. The van der Waals surface area contributed by atoms with Gasteiger partial charge in [0.05, 0.1) is 0 Å². The van der Waals surface area contributed by atoms with E-state index in [1.54, 1.807) is 6.92 Å². The van der Waals surface area contributed by atoms with Crippen molar-refractivity contribution >= 4 is 11.7 Å². The van der Waals surface area contributed by atoms with Crippen molar-refractivity contribution < 1.29 is 9.59 Å². The Morgan fingerprint density at radius 3 is 2.54 bits per heavy atom. The third-order valence-corrected chi connectivity index (χ3v) is 5.76. The predicted octanol–water partition coefficient (Wildman–Crippen LogP) is 3.29. The third-order valence-electron chi connectivity index (χ3n) is 5.76. The molecule has 0 radical (unpaired) electrons. The molecule has 0 unspecified atom stereocenters. The van der Waals surface area contributed by atoms with E-state index in [4.69, 9.17) is 0 Å². The van der Waals surface area contributed by atoms with Gasteiger partial charge in [0.2, 0.25) is 0 Å². The van der Waals surface area contributed by atoms with Crippen molar-refractivity contribution in [3.05, 3.63) is 59.2 Å². The molecule has 0 saturated carbocycles. The SMILES string of the molecule is CC(=O)c1cccc(-c2ccc3c(c2)C(=O)N(C)C[C@@H]2CN(C)C[C@@H]32)c1. The van der Waals surface area contributed by atoms with Gasteiger partial charge in [-0.15, -0.1) is 0 Å². The second-order valence-electron chi connectivity index (χ2n) is 7.71. The zero-order valence-corrected chi connectivity index (χ0v) is 15.5. The number of nitrogens with zero attached hydrogens (tertiary/aromatic N) is 2. The third kappa shape index (κ3) is 2.84. The molecule has 0 N–H and O–H groups in total. The van der Waals surface area contributed by atoms with Gasteiger partial charge in [-0.2, -0.15) is 0 Å². The number of ketones is 1. The summed E-state index contributed by atoms with van der Waals surface area (Å²) in [5.74, 6) is 1.04. The van der Waals surface area contributed by atoms with Gasteiger partial charge >= 0.3 is 0 Å². The maximum atomic E-state index is 13.0. The van der Waals surface area contributed by atoms with E-state index in [-0.39, 0.29) is 11.7 Å². The molecule has 4 nitrogen and oxygen atoms in total. The van der Waals surface area contributed by atoms with Gasteiger partial charge in [0, 0.05) is 43.7 Å². The molecule has 2 aromatic rings. The first kappa shape index (κ1) is 17.0. The topological polar surface area (TPSA) is 40.6 Å². The van der Waals surface area contributed by atoms with Gasteiger partial charge in [-0.25, -0.2) is 0 Å². The zero-order valence-electron chi connectivity index (χ0n) is 15.5. The van der Waals surface area contributed by atoms with E-state index in [0.717, 1.165) is 36.3 Å². The van der Waals surface area contributed by atoms with Crippen LogP contribution in [-0.4, -0.2) is 55.2 Å². The largest absolute Gasteiger partial charge is 0.341 e. The van der Waals surface area contributed by atoms with Crippen LogP contribution < -0.4 is 0 Å². The van der Waals surface area contributed by atoms with Crippen molar-refractivity contribution in [1.82, 2.24) is 9.80 Å². The second-order valence-corrected chi connectivity index (χ2v) is 7.71. The Labute approximate surface area is 154 Å². The minimum atomic E-state index is 0.0502. The van der Waals surface area contributed by atoms with Crippen LogP contribution in [0.25, 0.3) is 11.1 Å². The Hall–Kier alpha value is -2.46. The van der Waals surface area contributed by atoms with E-state index in [2.05, 4.69) is 24.1 Å². The molecule has 0 spiro atoms. The number of amides is 1. The van der Waals surface area contributed by atoms with Crippen LogP contribution in [0.3, 0.4) is 0 Å². The van der Waals surface area contributed by atoms with Gasteiger partial charge in [0.15, 0.2) is 5.78 Å². The molecule has 2 heterocycles. The molecule has 4 heteroatoms. The average Bonchev–Trinajstić information content (AvgIpc) is 2.96. The molecule has 1 fully saturated rings. The first-order valence-electron chi connectivity index (χ1n) is 9.13. The fourth-order valence-corrected chi connectivity index (χ4v) is 4.43. The van der Waals surface area contributed by atoms with E-state index in [1.807, 2.05) is 42.3 Å². The van der Waals surface area contributed by atoms with E-state index in [9.17, 15) is 9.59 Å². The highest BCUT2D eigenvalue weighted by atomic mass is 16.2. The smallest absolute Gasteiger partial charge is 0.253 e. The first-order chi connectivity index (χ1) is 12.4. The molecule has 0 bridgehead atoms. The van der Waals surface area contributed by atoms with Crippen LogP contribution in [0.15, 0.2) is 42.5 Å². The van der Waals surface area contributed by atoms with Gasteiger partial charge in [-0.3, -0.25) is 9.59 Å². The lowest BCUT2D eigenvalue weighted by atomic mass is 9.86. The summed E-state index contributed by atoms with van der Waals surface area (Å²) in [6, 6.07) is 13.8. The number of Topliss-reactive ketones (excluding diaryl/α,β-unsaturated/α-hetero) is 1. The quantitative estimate of drug-likeness (QED) is 0.782. The summed E-state index contributed by atoms with van der Waals surface area (Å²) in [6.07, 6.45) is 0. The highest BCUT2D eigenvalue weighted by Gasteiger charge is 2.38. The molecule has 2 aliphatic rings.